The smallest absolute Gasteiger partial charge is 0.0844 e. The van der Waals surface area contributed by atoms with Crippen molar-refractivity contribution in [3.63, 3.8) is 0 Å². The quantitative estimate of drug-likeness (QED) is 0.463. The zero-order valence-corrected chi connectivity index (χ0v) is 8.80. The monoisotopic (exact) mass is 170 g/mol. The summed E-state index contributed by atoms with van der Waals surface area (Å²) in [5, 5.41) is 0. The molecule has 2 fully saturated rings. The van der Waals surface area contributed by atoms with Crippen molar-refractivity contribution in [2.75, 3.05) is 0 Å². The van der Waals surface area contributed by atoms with E-state index in [0.717, 1.165) is 5.92 Å². The lowest BCUT2D eigenvalue weighted by Gasteiger charge is -2.17. The summed E-state index contributed by atoms with van der Waals surface area (Å²) in [6.07, 6.45) is 7.11. The number of epoxide rings is 1. The highest BCUT2D eigenvalue weighted by molar-refractivity contribution is 6.33. The summed E-state index contributed by atoms with van der Waals surface area (Å²) in [7, 11) is 0.325. The standard InChI is InChI=1S/C9H18OSi/c1-11-5-4-7-2-3-8-9(6-7)10-8/h7-9H,2-6,11H2,1H3. The molecule has 1 nitrogen and oxygen atoms in total. The van der Waals surface area contributed by atoms with E-state index in [0.29, 0.717) is 21.7 Å². The van der Waals surface area contributed by atoms with Crippen LogP contribution in [0.25, 0.3) is 0 Å². The lowest BCUT2D eigenvalue weighted by Crippen LogP contribution is -2.13. The summed E-state index contributed by atoms with van der Waals surface area (Å²) in [6.45, 7) is 2.42. The molecule has 11 heavy (non-hydrogen) atoms. The average molecular weight is 170 g/mol. The Hall–Kier alpha value is 0.177. The van der Waals surface area contributed by atoms with Gasteiger partial charge in [-0.2, -0.15) is 0 Å². The number of hydrogen-bond acceptors (Lipinski definition) is 1. The van der Waals surface area contributed by atoms with Crippen molar-refractivity contribution < 1.29 is 4.74 Å². The maximum atomic E-state index is 5.50. The minimum atomic E-state index is 0.325. The van der Waals surface area contributed by atoms with Crippen LogP contribution in [0.2, 0.25) is 12.6 Å². The Morgan fingerprint density at radius 1 is 1.36 bits per heavy atom. The second kappa shape index (κ2) is 3.28. The lowest BCUT2D eigenvalue weighted by molar-refractivity contribution is 0.357. The molecule has 64 valence electrons. The Bertz CT molecular complexity index is 138. The van der Waals surface area contributed by atoms with Crippen molar-refractivity contribution in [3.05, 3.63) is 0 Å². The van der Waals surface area contributed by atoms with Gasteiger partial charge in [-0.25, -0.2) is 0 Å². The van der Waals surface area contributed by atoms with Crippen LogP contribution in [0.1, 0.15) is 25.7 Å². The van der Waals surface area contributed by atoms with Gasteiger partial charge in [0.15, 0.2) is 0 Å². The number of rotatable bonds is 3. The second-order valence-electron chi connectivity index (χ2n) is 4.03. The molecule has 1 saturated heterocycles. The van der Waals surface area contributed by atoms with E-state index >= 15 is 0 Å². The van der Waals surface area contributed by atoms with E-state index in [1.807, 2.05) is 0 Å². The first-order chi connectivity index (χ1) is 5.40. The topological polar surface area (TPSA) is 12.5 Å². The van der Waals surface area contributed by atoms with Gasteiger partial charge in [-0.1, -0.05) is 19.0 Å². The van der Waals surface area contributed by atoms with Crippen LogP contribution in [-0.2, 0) is 4.74 Å². The third-order valence-corrected chi connectivity index (χ3v) is 4.19. The van der Waals surface area contributed by atoms with Crippen LogP contribution in [-0.4, -0.2) is 21.7 Å². The normalized spacial score (nSPS) is 42.8. The maximum Gasteiger partial charge on any atom is 0.0844 e. The SMILES string of the molecule is C[SiH2]CCC1CCC2OC2C1. The minimum Gasteiger partial charge on any atom is -0.370 e. The Labute approximate surface area is 71.3 Å². The highest BCUT2D eigenvalue weighted by Crippen LogP contribution is 2.40. The second-order valence-corrected chi connectivity index (χ2v) is 5.74. The lowest BCUT2D eigenvalue weighted by atomic mass is 9.88. The van der Waals surface area contributed by atoms with E-state index in [-0.39, 0.29) is 0 Å². The molecule has 1 saturated carbocycles. The largest absolute Gasteiger partial charge is 0.370 e. The molecule has 0 N–H and O–H groups in total. The van der Waals surface area contributed by atoms with E-state index in [2.05, 4.69) is 6.55 Å². The zero-order valence-electron chi connectivity index (χ0n) is 7.38. The van der Waals surface area contributed by atoms with Crippen molar-refractivity contribution in [2.45, 2.75) is 50.5 Å². The van der Waals surface area contributed by atoms with Crippen LogP contribution in [0.4, 0.5) is 0 Å². The molecule has 1 aliphatic carbocycles. The third-order valence-electron chi connectivity index (χ3n) is 3.08. The highest BCUT2D eigenvalue weighted by atomic mass is 28.2. The first-order valence-electron chi connectivity index (χ1n) is 5.05. The fourth-order valence-electron chi connectivity index (χ4n) is 2.24. The Morgan fingerprint density at radius 2 is 2.27 bits per heavy atom. The molecule has 2 rings (SSSR count). The van der Waals surface area contributed by atoms with Crippen LogP contribution in [0.5, 0.6) is 0 Å². The summed E-state index contributed by atoms with van der Waals surface area (Å²) >= 11 is 0. The molecule has 0 spiro atoms. The number of ether oxygens (including phenoxy) is 1. The van der Waals surface area contributed by atoms with E-state index in [1.165, 1.54) is 25.7 Å². The van der Waals surface area contributed by atoms with Crippen molar-refractivity contribution >= 4 is 9.52 Å². The van der Waals surface area contributed by atoms with E-state index < -0.39 is 0 Å². The summed E-state index contributed by atoms with van der Waals surface area (Å²) in [5.74, 6) is 1.03. The highest BCUT2D eigenvalue weighted by Gasteiger charge is 2.43. The fourth-order valence-corrected chi connectivity index (χ4v) is 3.23. The molecule has 2 aliphatic rings. The van der Waals surface area contributed by atoms with Gasteiger partial charge in [-0.3, -0.25) is 0 Å². The van der Waals surface area contributed by atoms with Gasteiger partial charge in [0.25, 0.3) is 0 Å². The van der Waals surface area contributed by atoms with Gasteiger partial charge in [-0.05, 0) is 25.2 Å². The number of hydrogen-bond donors (Lipinski definition) is 0. The van der Waals surface area contributed by atoms with Crippen molar-refractivity contribution in [2.24, 2.45) is 5.92 Å². The first kappa shape index (κ1) is 7.81. The van der Waals surface area contributed by atoms with Gasteiger partial charge in [0.2, 0.25) is 0 Å². The molecule has 3 unspecified atom stereocenters. The van der Waals surface area contributed by atoms with E-state index in [4.69, 9.17) is 4.74 Å². The molecular formula is C9H18OSi. The Kier molecular flexibility index (Phi) is 2.32. The molecule has 0 bridgehead atoms. The van der Waals surface area contributed by atoms with Gasteiger partial charge in [0.1, 0.15) is 0 Å². The predicted octanol–water partition coefficient (Wildman–Crippen LogP) is 1.58. The molecule has 1 aliphatic heterocycles. The molecule has 0 aromatic carbocycles. The van der Waals surface area contributed by atoms with E-state index in [1.54, 1.807) is 6.04 Å². The molecule has 0 aromatic heterocycles. The fraction of sp³-hybridized carbons (Fsp3) is 1.00. The molecule has 3 atom stereocenters. The average Bonchev–Trinajstić information content (AvgIpc) is 2.78. The first-order valence-corrected chi connectivity index (χ1v) is 7.47. The van der Waals surface area contributed by atoms with Gasteiger partial charge in [0, 0.05) is 9.52 Å². The van der Waals surface area contributed by atoms with Crippen LogP contribution in [0.15, 0.2) is 0 Å². The molecule has 0 amide bonds. The Morgan fingerprint density at radius 3 is 3.00 bits per heavy atom. The predicted molar refractivity (Wildman–Crippen MR) is 49.8 cm³/mol. The van der Waals surface area contributed by atoms with Gasteiger partial charge in [0.05, 0.1) is 12.2 Å². The summed E-state index contributed by atoms with van der Waals surface area (Å²) in [4.78, 5) is 0. The Balaban J connectivity index is 1.68. The summed E-state index contributed by atoms with van der Waals surface area (Å²) < 4.78 is 5.50. The van der Waals surface area contributed by atoms with Crippen molar-refractivity contribution in [3.8, 4) is 0 Å². The van der Waals surface area contributed by atoms with Gasteiger partial charge < -0.3 is 4.74 Å². The van der Waals surface area contributed by atoms with Crippen LogP contribution < -0.4 is 0 Å². The molecule has 2 heteroatoms. The van der Waals surface area contributed by atoms with Crippen LogP contribution in [0, 0.1) is 5.92 Å². The molecule has 0 aromatic rings. The van der Waals surface area contributed by atoms with Crippen LogP contribution in [0.3, 0.4) is 0 Å². The van der Waals surface area contributed by atoms with Gasteiger partial charge in [-0.15, -0.1) is 0 Å². The zero-order chi connectivity index (χ0) is 7.68. The minimum absolute atomic E-state index is 0.325. The van der Waals surface area contributed by atoms with E-state index in [9.17, 15) is 0 Å². The summed E-state index contributed by atoms with van der Waals surface area (Å²) in [5.41, 5.74) is 0. The summed E-state index contributed by atoms with van der Waals surface area (Å²) in [6, 6.07) is 1.56. The molecular weight excluding hydrogens is 152 g/mol. The third kappa shape index (κ3) is 1.85. The van der Waals surface area contributed by atoms with Crippen LogP contribution >= 0.6 is 0 Å². The van der Waals surface area contributed by atoms with Crippen molar-refractivity contribution in [1.82, 2.24) is 0 Å². The van der Waals surface area contributed by atoms with Gasteiger partial charge >= 0.3 is 0 Å². The molecule has 0 radical (unpaired) electrons. The maximum absolute atomic E-state index is 5.50. The van der Waals surface area contributed by atoms with Crippen molar-refractivity contribution in [1.29, 1.82) is 0 Å². The molecule has 1 heterocycles. The number of fused-ring (bicyclic) bond motifs is 1.